The molecule has 3 heterocycles. The maximum Gasteiger partial charge on any atom is 0.332 e. The average Bonchev–Trinajstić information content (AvgIpc) is 2.73. The van der Waals surface area contributed by atoms with Gasteiger partial charge in [0.15, 0.2) is 11.2 Å². The Hall–Kier alpha value is -2.05. The largest absolute Gasteiger partial charge is 0.356 e. The third kappa shape index (κ3) is 1.19. The second-order valence-electron chi connectivity index (χ2n) is 4.25. The summed E-state index contributed by atoms with van der Waals surface area (Å²) in [5, 5.41) is 3.13. The predicted octanol–water partition coefficient (Wildman–Crippen LogP) is -0.751. The second-order valence-corrected chi connectivity index (χ2v) is 4.25. The zero-order valence-corrected chi connectivity index (χ0v) is 9.73. The molecule has 0 unspecified atom stereocenters. The number of rotatable bonds is 0. The van der Waals surface area contributed by atoms with Gasteiger partial charge in [0.2, 0.25) is 5.95 Å². The van der Waals surface area contributed by atoms with Gasteiger partial charge in [-0.3, -0.25) is 13.9 Å². The van der Waals surface area contributed by atoms with Crippen LogP contribution < -0.4 is 16.6 Å². The van der Waals surface area contributed by atoms with Crippen molar-refractivity contribution in [2.75, 3.05) is 11.9 Å². The smallest absolute Gasteiger partial charge is 0.332 e. The first kappa shape index (κ1) is 10.1. The maximum absolute atomic E-state index is 12.1. The molecular weight excluding hydrogens is 222 g/mol. The summed E-state index contributed by atoms with van der Waals surface area (Å²) in [5.41, 5.74) is 0.308. The van der Waals surface area contributed by atoms with Crippen LogP contribution in [0.4, 0.5) is 5.95 Å². The standard InChI is InChI=1S/C10H13N5O2/c1-13-7-6(8(16)14(2)10(13)17)15-5-3-4-11-9(15)12-7/h3-5H2,1-2H3,(H,11,12). The highest BCUT2D eigenvalue weighted by Gasteiger charge is 2.20. The van der Waals surface area contributed by atoms with Crippen molar-refractivity contribution in [2.45, 2.75) is 13.0 Å². The Kier molecular flexibility index (Phi) is 1.92. The molecule has 0 amide bonds. The molecule has 7 heteroatoms. The minimum Gasteiger partial charge on any atom is -0.356 e. The summed E-state index contributed by atoms with van der Waals surface area (Å²) in [4.78, 5) is 28.2. The lowest BCUT2D eigenvalue weighted by Gasteiger charge is -2.15. The Morgan fingerprint density at radius 2 is 2.00 bits per heavy atom. The number of imidazole rings is 1. The Morgan fingerprint density at radius 3 is 2.76 bits per heavy atom. The molecule has 2 aromatic rings. The van der Waals surface area contributed by atoms with E-state index in [0.29, 0.717) is 17.1 Å². The molecule has 7 nitrogen and oxygen atoms in total. The SMILES string of the molecule is Cn1c(=O)c2c(nc3n2CCCN3)n(C)c1=O. The van der Waals surface area contributed by atoms with Crippen LogP contribution in [0, 0.1) is 0 Å². The molecule has 0 saturated heterocycles. The minimum atomic E-state index is -0.349. The van der Waals surface area contributed by atoms with E-state index in [1.165, 1.54) is 11.6 Å². The van der Waals surface area contributed by atoms with Gasteiger partial charge >= 0.3 is 5.69 Å². The van der Waals surface area contributed by atoms with Gasteiger partial charge in [-0.15, -0.1) is 0 Å². The maximum atomic E-state index is 12.1. The van der Waals surface area contributed by atoms with Crippen LogP contribution in [0.3, 0.4) is 0 Å². The number of aromatic nitrogens is 4. The first-order chi connectivity index (χ1) is 8.11. The van der Waals surface area contributed by atoms with Gasteiger partial charge in [-0.05, 0) is 6.42 Å². The minimum absolute atomic E-state index is 0.287. The predicted molar refractivity (Wildman–Crippen MR) is 63.3 cm³/mol. The van der Waals surface area contributed by atoms with Crippen LogP contribution in [0.2, 0.25) is 0 Å². The molecule has 2 aromatic heterocycles. The highest BCUT2D eigenvalue weighted by Crippen LogP contribution is 2.18. The van der Waals surface area contributed by atoms with Gasteiger partial charge in [-0.2, -0.15) is 4.98 Å². The van der Waals surface area contributed by atoms with Crippen LogP contribution in [0.5, 0.6) is 0 Å². The molecule has 0 saturated carbocycles. The highest BCUT2D eigenvalue weighted by molar-refractivity contribution is 5.74. The van der Waals surface area contributed by atoms with Gasteiger partial charge in [0.1, 0.15) is 0 Å². The van der Waals surface area contributed by atoms with Crippen molar-refractivity contribution < 1.29 is 0 Å². The third-order valence-corrected chi connectivity index (χ3v) is 3.19. The molecule has 0 aromatic carbocycles. The fraction of sp³-hybridized carbons (Fsp3) is 0.500. The molecule has 90 valence electrons. The normalized spacial score (nSPS) is 14.7. The monoisotopic (exact) mass is 235 g/mol. The summed E-state index contributed by atoms with van der Waals surface area (Å²) >= 11 is 0. The lowest BCUT2D eigenvalue weighted by atomic mass is 10.3. The number of fused-ring (bicyclic) bond motifs is 3. The fourth-order valence-electron chi connectivity index (χ4n) is 2.24. The van der Waals surface area contributed by atoms with Gasteiger partial charge in [0, 0.05) is 27.2 Å². The summed E-state index contributed by atoms with van der Waals surface area (Å²) in [6.45, 7) is 1.60. The lowest BCUT2D eigenvalue weighted by Crippen LogP contribution is -2.37. The molecule has 0 bridgehead atoms. The zero-order chi connectivity index (χ0) is 12.2. The molecule has 0 aliphatic carbocycles. The van der Waals surface area contributed by atoms with E-state index in [0.717, 1.165) is 24.1 Å². The third-order valence-electron chi connectivity index (χ3n) is 3.19. The number of nitrogens with one attached hydrogen (secondary N) is 1. The van der Waals surface area contributed by atoms with E-state index in [4.69, 9.17) is 0 Å². The highest BCUT2D eigenvalue weighted by atomic mass is 16.2. The molecule has 1 aliphatic heterocycles. The first-order valence-electron chi connectivity index (χ1n) is 5.51. The van der Waals surface area contributed by atoms with Crippen LogP contribution >= 0.6 is 0 Å². The van der Waals surface area contributed by atoms with Gasteiger partial charge < -0.3 is 9.88 Å². The zero-order valence-electron chi connectivity index (χ0n) is 9.73. The molecular formula is C10H13N5O2. The molecule has 0 radical (unpaired) electrons. The number of hydrogen-bond donors (Lipinski definition) is 1. The van der Waals surface area contributed by atoms with Crippen LogP contribution in [-0.2, 0) is 20.6 Å². The van der Waals surface area contributed by atoms with Crippen LogP contribution in [0.15, 0.2) is 9.59 Å². The van der Waals surface area contributed by atoms with Gasteiger partial charge in [-0.25, -0.2) is 4.79 Å². The Balaban J connectivity index is 2.56. The lowest BCUT2D eigenvalue weighted by molar-refractivity contribution is 0.635. The van der Waals surface area contributed by atoms with Crippen LogP contribution in [-0.4, -0.2) is 25.2 Å². The fourth-order valence-corrected chi connectivity index (χ4v) is 2.24. The van der Waals surface area contributed by atoms with Gasteiger partial charge in [0.25, 0.3) is 5.56 Å². The van der Waals surface area contributed by atoms with E-state index in [9.17, 15) is 9.59 Å². The molecule has 1 N–H and O–H groups in total. The van der Waals surface area contributed by atoms with Crippen molar-refractivity contribution in [3.8, 4) is 0 Å². The van der Waals surface area contributed by atoms with Crippen molar-refractivity contribution >= 4 is 17.1 Å². The Labute approximate surface area is 96.3 Å². The summed E-state index contributed by atoms with van der Waals surface area (Å²) in [7, 11) is 3.11. The van der Waals surface area contributed by atoms with Crippen LogP contribution in [0.25, 0.3) is 11.2 Å². The number of aryl methyl sites for hydroxylation is 2. The van der Waals surface area contributed by atoms with Gasteiger partial charge in [-0.1, -0.05) is 0 Å². The van der Waals surface area contributed by atoms with Crippen molar-refractivity contribution in [3.63, 3.8) is 0 Å². The Morgan fingerprint density at radius 1 is 1.24 bits per heavy atom. The summed E-state index contributed by atoms with van der Waals surface area (Å²) in [6, 6.07) is 0. The van der Waals surface area contributed by atoms with Gasteiger partial charge in [0.05, 0.1) is 0 Å². The number of hydrogen-bond acceptors (Lipinski definition) is 4. The van der Waals surface area contributed by atoms with Crippen LogP contribution in [0.1, 0.15) is 6.42 Å². The van der Waals surface area contributed by atoms with Crippen molar-refractivity contribution in [2.24, 2.45) is 14.1 Å². The van der Waals surface area contributed by atoms with E-state index in [1.54, 1.807) is 7.05 Å². The quantitative estimate of drug-likeness (QED) is 0.652. The van der Waals surface area contributed by atoms with E-state index >= 15 is 0 Å². The molecule has 0 atom stereocenters. The second kappa shape index (κ2) is 3.22. The van der Waals surface area contributed by atoms with Crippen molar-refractivity contribution in [1.82, 2.24) is 18.7 Å². The number of anilines is 1. The Bertz CT molecular complexity index is 721. The van der Waals surface area contributed by atoms with E-state index in [-0.39, 0.29) is 11.2 Å². The number of nitrogens with zero attached hydrogens (tertiary/aromatic N) is 4. The molecule has 1 aliphatic rings. The van der Waals surface area contributed by atoms with E-state index in [1.807, 2.05) is 4.57 Å². The van der Waals surface area contributed by atoms with Crippen molar-refractivity contribution in [1.29, 1.82) is 0 Å². The van der Waals surface area contributed by atoms with Crippen molar-refractivity contribution in [3.05, 3.63) is 20.8 Å². The topological polar surface area (TPSA) is 73.8 Å². The molecule has 0 spiro atoms. The summed E-state index contributed by atoms with van der Waals surface area (Å²) in [5.74, 6) is 0.671. The summed E-state index contributed by atoms with van der Waals surface area (Å²) < 4.78 is 4.37. The average molecular weight is 235 g/mol. The molecule has 0 fully saturated rings. The van der Waals surface area contributed by atoms with E-state index < -0.39 is 0 Å². The molecule has 17 heavy (non-hydrogen) atoms. The van der Waals surface area contributed by atoms with E-state index in [2.05, 4.69) is 10.3 Å². The molecule has 3 rings (SSSR count). The first-order valence-corrected chi connectivity index (χ1v) is 5.51. The summed E-state index contributed by atoms with van der Waals surface area (Å²) in [6.07, 6.45) is 0.949.